The lowest BCUT2D eigenvalue weighted by Crippen LogP contribution is -2.36. The molecule has 0 aliphatic heterocycles. The Labute approximate surface area is 112 Å². The van der Waals surface area contributed by atoms with E-state index in [1.165, 1.54) is 12.3 Å². The highest BCUT2D eigenvalue weighted by molar-refractivity contribution is 7.84. The Balaban J connectivity index is 2.70. The van der Waals surface area contributed by atoms with Gasteiger partial charge in [-0.05, 0) is 13.0 Å². The van der Waals surface area contributed by atoms with Gasteiger partial charge in [0.2, 0.25) is 0 Å². The van der Waals surface area contributed by atoms with E-state index in [1.54, 1.807) is 13.2 Å². The van der Waals surface area contributed by atoms with E-state index in [4.69, 9.17) is 23.2 Å². The molecule has 2 unspecified atom stereocenters. The summed E-state index contributed by atoms with van der Waals surface area (Å²) >= 11 is 11.4. The van der Waals surface area contributed by atoms with E-state index in [-0.39, 0.29) is 22.1 Å². The molecule has 0 spiro atoms. The summed E-state index contributed by atoms with van der Waals surface area (Å²) in [5.74, 6) is 0.0922. The number of hydrogen-bond donors (Lipinski definition) is 1. The van der Waals surface area contributed by atoms with Crippen molar-refractivity contribution in [3.05, 3.63) is 28.0 Å². The van der Waals surface area contributed by atoms with Crippen LogP contribution in [0.15, 0.2) is 12.3 Å². The molecular weight excluding hydrogens is 283 g/mol. The van der Waals surface area contributed by atoms with Crippen molar-refractivity contribution in [2.24, 2.45) is 0 Å². The summed E-state index contributed by atoms with van der Waals surface area (Å²) < 4.78 is 11.0. The van der Waals surface area contributed by atoms with Crippen molar-refractivity contribution in [2.75, 3.05) is 12.0 Å². The van der Waals surface area contributed by atoms with Gasteiger partial charge in [-0.2, -0.15) is 0 Å². The van der Waals surface area contributed by atoms with E-state index in [9.17, 15) is 9.00 Å². The Kier molecular flexibility index (Phi) is 5.36. The molecule has 0 aromatic carbocycles. The summed E-state index contributed by atoms with van der Waals surface area (Å²) in [6.45, 7) is 1.78. The summed E-state index contributed by atoms with van der Waals surface area (Å²) in [6.07, 6.45) is 2.93. The molecular formula is C10H12Cl2N2O2S. The van der Waals surface area contributed by atoms with Gasteiger partial charge in [-0.3, -0.25) is 9.00 Å². The lowest BCUT2D eigenvalue weighted by Gasteiger charge is -2.12. The molecule has 0 saturated heterocycles. The van der Waals surface area contributed by atoms with E-state index in [0.717, 1.165) is 0 Å². The van der Waals surface area contributed by atoms with Crippen LogP contribution in [0.2, 0.25) is 10.2 Å². The molecule has 1 rings (SSSR count). The monoisotopic (exact) mass is 294 g/mol. The van der Waals surface area contributed by atoms with Crippen LogP contribution in [0.5, 0.6) is 0 Å². The highest BCUT2D eigenvalue weighted by Crippen LogP contribution is 2.19. The zero-order valence-electron chi connectivity index (χ0n) is 9.37. The highest BCUT2D eigenvalue weighted by Gasteiger charge is 2.12. The van der Waals surface area contributed by atoms with Gasteiger partial charge in [-0.25, -0.2) is 4.98 Å². The molecule has 0 aliphatic rings. The van der Waals surface area contributed by atoms with Crippen molar-refractivity contribution in [3.63, 3.8) is 0 Å². The Bertz CT molecular complexity index is 454. The number of nitrogens with one attached hydrogen (secondary N) is 1. The largest absolute Gasteiger partial charge is 0.349 e. The summed E-state index contributed by atoms with van der Waals surface area (Å²) in [5, 5.41) is 3.09. The molecule has 0 saturated carbocycles. The molecule has 1 amide bonds. The van der Waals surface area contributed by atoms with Crippen LogP contribution in [-0.2, 0) is 10.8 Å². The maximum atomic E-state index is 11.7. The fraction of sp³-hybridized carbons (Fsp3) is 0.400. The highest BCUT2D eigenvalue weighted by atomic mass is 35.5. The number of halogens is 2. The van der Waals surface area contributed by atoms with E-state index < -0.39 is 10.8 Å². The third kappa shape index (κ3) is 4.61. The van der Waals surface area contributed by atoms with Gasteiger partial charge in [0.05, 0.1) is 10.6 Å². The average Bonchev–Trinajstić information content (AvgIpc) is 2.20. The van der Waals surface area contributed by atoms with Gasteiger partial charge < -0.3 is 5.32 Å². The Morgan fingerprint density at radius 1 is 1.59 bits per heavy atom. The van der Waals surface area contributed by atoms with E-state index in [1.807, 2.05) is 0 Å². The van der Waals surface area contributed by atoms with Crippen molar-refractivity contribution >= 4 is 39.9 Å². The molecule has 0 radical (unpaired) electrons. The van der Waals surface area contributed by atoms with Crippen LogP contribution < -0.4 is 5.32 Å². The lowest BCUT2D eigenvalue weighted by atomic mass is 10.2. The molecule has 4 nitrogen and oxygen atoms in total. The summed E-state index contributed by atoms with van der Waals surface area (Å²) in [5.41, 5.74) is 0.327. The van der Waals surface area contributed by atoms with Crippen molar-refractivity contribution in [2.45, 2.75) is 13.0 Å². The minimum Gasteiger partial charge on any atom is -0.349 e. The Hall–Kier alpha value is -0.650. The predicted molar refractivity (Wildman–Crippen MR) is 70.1 cm³/mol. The fourth-order valence-electron chi connectivity index (χ4n) is 1.25. The van der Waals surface area contributed by atoms with Crippen LogP contribution in [-0.4, -0.2) is 33.2 Å². The summed E-state index contributed by atoms with van der Waals surface area (Å²) in [6, 6.07) is 1.27. The van der Waals surface area contributed by atoms with Gasteiger partial charge >= 0.3 is 0 Å². The third-order valence-corrected chi connectivity index (χ3v) is 3.58. The number of rotatable bonds is 4. The maximum Gasteiger partial charge on any atom is 0.253 e. The molecule has 17 heavy (non-hydrogen) atoms. The number of pyridine rings is 1. The first-order valence-corrected chi connectivity index (χ1v) is 7.30. The molecule has 1 aromatic rings. The molecule has 1 N–H and O–H groups in total. The number of carbonyl (C=O) groups is 1. The topological polar surface area (TPSA) is 59.1 Å². The second-order valence-corrected chi connectivity index (χ2v) is 5.86. The fourth-order valence-corrected chi connectivity index (χ4v) is 2.30. The predicted octanol–water partition coefficient (Wildman–Crippen LogP) is 1.89. The van der Waals surface area contributed by atoms with Gasteiger partial charge in [-0.1, -0.05) is 23.2 Å². The Morgan fingerprint density at radius 2 is 2.24 bits per heavy atom. The van der Waals surface area contributed by atoms with Gasteiger partial charge in [-0.15, -0.1) is 0 Å². The minimum absolute atomic E-state index is 0.158. The van der Waals surface area contributed by atoms with E-state index in [0.29, 0.717) is 11.3 Å². The molecule has 0 aliphatic carbocycles. The molecule has 0 bridgehead atoms. The van der Waals surface area contributed by atoms with Crippen molar-refractivity contribution < 1.29 is 9.00 Å². The Morgan fingerprint density at radius 3 is 2.76 bits per heavy atom. The van der Waals surface area contributed by atoms with Crippen LogP contribution >= 0.6 is 23.2 Å². The van der Waals surface area contributed by atoms with Crippen molar-refractivity contribution in [3.8, 4) is 0 Å². The second kappa shape index (κ2) is 6.33. The first-order chi connectivity index (χ1) is 7.90. The second-order valence-electron chi connectivity index (χ2n) is 3.61. The normalized spacial score (nSPS) is 14.1. The number of amides is 1. The van der Waals surface area contributed by atoms with Crippen molar-refractivity contribution in [1.29, 1.82) is 0 Å². The van der Waals surface area contributed by atoms with Crippen LogP contribution in [0, 0.1) is 0 Å². The van der Waals surface area contributed by atoms with Crippen molar-refractivity contribution in [1.82, 2.24) is 10.3 Å². The number of aromatic nitrogens is 1. The van der Waals surface area contributed by atoms with Gasteiger partial charge in [0.15, 0.2) is 0 Å². The molecule has 1 aromatic heterocycles. The average molecular weight is 295 g/mol. The summed E-state index contributed by atoms with van der Waals surface area (Å²) in [7, 11) is -0.954. The zero-order valence-corrected chi connectivity index (χ0v) is 11.7. The third-order valence-electron chi connectivity index (χ3n) is 1.92. The first kappa shape index (κ1) is 14.4. The van der Waals surface area contributed by atoms with Gasteiger partial charge in [0, 0.05) is 35.0 Å². The lowest BCUT2D eigenvalue weighted by molar-refractivity contribution is 0.0943. The van der Waals surface area contributed by atoms with Crippen LogP contribution in [0.1, 0.15) is 17.3 Å². The molecule has 7 heteroatoms. The summed E-state index contributed by atoms with van der Waals surface area (Å²) in [4.78, 5) is 15.5. The van der Waals surface area contributed by atoms with Crippen LogP contribution in [0.3, 0.4) is 0 Å². The molecule has 0 fully saturated rings. The first-order valence-electron chi connectivity index (χ1n) is 4.82. The van der Waals surface area contributed by atoms with Gasteiger partial charge in [0.1, 0.15) is 5.15 Å². The quantitative estimate of drug-likeness (QED) is 0.863. The molecule has 2 atom stereocenters. The van der Waals surface area contributed by atoms with Crippen LogP contribution in [0.25, 0.3) is 0 Å². The van der Waals surface area contributed by atoms with Gasteiger partial charge in [0.25, 0.3) is 5.91 Å². The van der Waals surface area contributed by atoms with E-state index in [2.05, 4.69) is 10.3 Å². The molecule has 1 heterocycles. The zero-order chi connectivity index (χ0) is 13.0. The van der Waals surface area contributed by atoms with Crippen LogP contribution in [0.4, 0.5) is 0 Å². The number of nitrogens with zero attached hydrogens (tertiary/aromatic N) is 1. The van der Waals surface area contributed by atoms with E-state index >= 15 is 0 Å². The number of carbonyl (C=O) groups excluding carboxylic acids is 1. The standard InChI is InChI=1S/C10H12Cl2N2O2S/c1-6(5-17(2)16)14-10(15)7-3-8(11)9(12)13-4-7/h3-4,6H,5H2,1-2H3,(H,14,15). The minimum atomic E-state index is -0.954. The number of hydrogen-bond acceptors (Lipinski definition) is 3. The maximum absolute atomic E-state index is 11.7. The SMILES string of the molecule is CC(CS(C)=O)NC(=O)c1cnc(Cl)c(Cl)c1. The smallest absolute Gasteiger partial charge is 0.253 e. The molecule has 94 valence electrons.